The highest BCUT2D eigenvalue weighted by molar-refractivity contribution is 7.84. The van der Waals surface area contributed by atoms with Crippen LogP contribution < -0.4 is 23.7 Å². The first-order chi connectivity index (χ1) is 17.9. The van der Waals surface area contributed by atoms with Gasteiger partial charge in [-0.15, -0.1) is 0 Å². The second-order valence-electron chi connectivity index (χ2n) is 7.52. The third-order valence-electron chi connectivity index (χ3n) is 5.40. The van der Waals surface area contributed by atoms with Gasteiger partial charge in [0.2, 0.25) is 5.16 Å². The number of ether oxygens (including phenoxy) is 5. The molecule has 0 spiro atoms. The maximum absolute atomic E-state index is 13.6. The highest BCUT2D eigenvalue weighted by atomic mass is 32.2. The molecule has 1 atom stereocenters. The standard InChI is InChI=1S/C24H24F2N4O6S/c1-32-19-7-8-27-17(22(19)35-4)13-37(31)24-29-16-10-15(36-23(25)26)5-6-18(16)30(24)12-14-9-20(33-2)21(34-3)11-28-14/h5-11,23H,12-13H2,1-4H3. The van der Waals surface area contributed by atoms with Gasteiger partial charge in [-0.3, -0.25) is 14.2 Å². The molecule has 10 nitrogen and oxygen atoms in total. The van der Waals surface area contributed by atoms with Crippen LogP contribution in [0.15, 0.2) is 47.9 Å². The van der Waals surface area contributed by atoms with E-state index in [-0.39, 0.29) is 23.2 Å². The summed E-state index contributed by atoms with van der Waals surface area (Å²) in [4.78, 5) is 13.2. The summed E-state index contributed by atoms with van der Waals surface area (Å²) < 4.78 is 66.7. The lowest BCUT2D eigenvalue weighted by Gasteiger charge is -2.13. The lowest BCUT2D eigenvalue weighted by atomic mass is 10.2. The van der Waals surface area contributed by atoms with E-state index in [2.05, 4.69) is 19.7 Å². The molecule has 1 unspecified atom stereocenters. The molecule has 13 heteroatoms. The molecule has 4 rings (SSSR count). The topological polar surface area (TPSA) is 107 Å². The molecule has 0 aliphatic rings. The number of rotatable bonds is 11. The molecule has 196 valence electrons. The van der Waals surface area contributed by atoms with Crippen molar-refractivity contribution in [1.82, 2.24) is 19.5 Å². The van der Waals surface area contributed by atoms with Crippen LogP contribution in [0.1, 0.15) is 11.4 Å². The Hall–Kier alpha value is -4.00. The first kappa shape index (κ1) is 26.1. The van der Waals surface area contributed by atoms with Crippen LogP contribution in [0, 0.1) is 0 Å². The molecular weight excluding hydrogens is 510 g/mol. The van der Waals surface area contributed by atoms with E-state index in [1.807, 2.05) is 0 Å². The summed E-state index contributed by atoms with van der Waals surface area (Å²) in [6, 6.07) is 7.66. The molecular formula is C24H24F2N4O6S. The van der Waals surface area contributed by atoms with E-state index >= 15 is 0 Å². The van der Waals surface area contributed by atoms with E-state index in [9.17, 15) is 13.0 Å². The highest BCUT2D eigenvalue weighted by Gasteiger charge is 2.22. The van der Waals surface area contributed by atoms with Crippen molar-refractivity contribution < 1.29 is 36.7 Å². The predicted molar refractivity (Wildman–Crippen MR) is 130 cm³/mol. The number of aromatic nitrogens is 4. The zero-order valence-corrected chi connectivity index (χ0v) is 21.3. The number of benzene rings is 1. The van der Waals surface area contributed by atoms with E-state index in [0.29, 0.717) is 45.4 Å². The van der Waals surface area contributed by atoms with Crippen LogP contribution in [-0.2, 0) is 23.1 Å². The first-order valence-electron chi connectivity index (χ1n) is 10.8. The molecule has 4 aromatic rings. The third kappa shape index (κ3) is 5.56. The average molecular weight is 535 g/mol. The van der Waals surface area contributed by atoms with E-state index in [4.69, 9.17) is 18.9 Å². The predicted octanol–water partition coefficient (Wildman–Crippen LogP) is 3.82. The van der Waals surface area contributed by atoms with Crippen LogP contribution in [0.3, 0.4) is 0 Å². The Bertz CT molecular complexity index is 1430. The van der Waals surface area contributed by atoms with Crippen molar-refractivity contribution in [3.05, 3.63) is 54.1 Å². The maximum Gasteiger partial charge on any atom is 0.387 e. The fourth-order valence-electron chi connectivity index (χ4n) is 3.76. The number of alkyl halides is 2. The van der Waals surface area contributed by atoms with Gasteiger partial charge in [0, 0.05) is 24.4 Å². The first-order valence-corrected chi connectivity index (χ1v) is 12.2. The minimum absolute atomic E-state index is 0.0382. The van der Waals surface area contributed by atoms with Crippen LogP contribution in [0.4, 0.5) is 8.78 Å². The quantitative estimate of drug-likeness (QED) is 0.284. The van der Waals surface area contributed by atoms with Crippen molar-refractivity contribution in [2.45, 2.75) is 24.1 Å². The fourth-order valence-corrected chi connectivity index (χ4v) is 4.95. The third-order valence-corrected chi connectivity index (χ3v) is 6.65. The number of halogens is 2. The minimum atomic E-state index is -2.99. The molecule has 3 aromatic heterocycles. The molecule has 0 N–H and O–H groups in total. The van der Waals surface area contributed by atoms with Crippen LogP contribution >= 0.6 is 0 Å². The summed E-state index contributed by atoms with van der Waals surface area (Å²) in [5.41, 5.74) is 1.85. The number of pyridine rings is 2. The normalized spacial score (nSPS) is 12.0. The summed E-state index contributed by atoms with van der Waals surface area (Å²) >= 11 is 0. The number of hydrogen-bond acceptors (Lipinski definition) is 9. The van der Waals surface area contributed by atoms with E-state index in [1.165, 1.54) is 53.0 Å². The van der Waals surface area contributed by atoms with Gasteiger partial charge in [0.15, 0.2) is 23.0 Å². The van der Waals surface area contributed by atoms with Crippen molar-refractivity contribution in [1.29, 1.82) is 0 Å². The van der Waals surface area contributed by atoms with Crippen molar-refractivity contribution >= 4 is 21.8 Å². The Labute approximate surface area is 213 Å². The van der Waals surface area contributed by atoms with Crippen molar-refractivity contribution in [3.63, 3.8) is 0 Å². The van der Waals surface area contributed by atoms with Gasteiger partial charge >= 0.3 is 6.61 Å². The summed E-state index contributed by atoms with van der Waals surface area (Å²) in [5, 5.41) is 0.187. The molecule has 37 heavy (non-hydrogen) atoms. The Morgan fingerprint density at radius 2 is 1.70 bits per heavy atom. The maximum atomic E-state index is 13.6. The SMILES string of the molecule is COc1cnc(Cn2c(S(=O)Cc3nccc(OC)c3OC)nc3cc(OC(F)F)ccc32)cc1OC. The van der Waals surface area contributed by atoms with Crippen LogP contribution in [-0.4, -0.2) is 58.8 Å². The van der Waals surface area contributed by atoms with Gasteiger partial charge in [-0.25, -0.2) is 4.98 Å². The Morgan fingerprint density at radius 3 is 2.38 bits per heavy atom. The second-order valence-corrected chi connectivity index (χ2v) is 8.87. The lowest BCUT2D eigenvalue weighted by molar-refractivity contribution is -0.0497. The number of hydrogen-bond donors (Lipinski definition) is 0. The van der Waals surface area contributed by atoms with E-state index in [0.717, 1.165) is 0 Å². The number of fused-ring (bicyclic) bond motifs is 1. The monoisotopic (exact) mass is 534 g/mol. The molecule has 0 fully saturated rings. The molecule has 0 bridgehead atoms. The molecule has 1 aromatic carbocycles. The van der Waals surface area contributed by atoms with Gasteiger partial charge in [0.25, 0.3) is 0 Å². The summed E-state index contributed by atoms with van der Waals surface area (Å²) in [6.07, 6.45) is 3.04. The van der Waals surface area contributed by atoms with Gasteiger partial charge in [-0.2, -0.15) is 8.78 Å². The van der Waals surface area contributed by atoms with Gasteiger partial charge in [-0.1, -0.05) is 0 Å². The summed E-state index contributed by atoms with van der Waals surface area (Å²) in [5.74, 6) is 1.62. The van der Waals surface area contributed by atoms with Crippen LogP contribution in [0.25, 0.3) is 11.0 Å². The van der Waals surface area contributed by atoms with Gasteiger partial charge < -0.3 is 28.3 Å². The summed E-state index contributed by atoms with van der Waals surface area (Å²) in [6.45, 7) is -2.83. The molecule has 0 saturated heterocycles. The smallest absolute Gasteiger partial charge is 0.387 e. The number of methoxy groups -OCH3 is 4. The summed E-state index contributed by atoms with van der Waals surface area (Å²) in [7, 11) is 4.25. The largest absolute Gasteiger partial charge is 0.493 e. The van der Waals surface area contributed by atoms with Crippen LogP contribution in [0.2, 0.25) is 0 Å². The van der Waals surface area contributed by atoms with Crippen molar-refractivity contribution in [3.8, 4) is 28.7 Å². The Balaban J connectivity index is 1.78. The van der Waals surface area contributed by atoms with Crippen LogP contribution in [0.5, 0.6) is 28.7 Å². The average Bonchev–Trinajstić information content (AvgIpc) is 3.25. The van der Waals surface area contributed by atoms with Crippen molar-refractivity contribution in [2.75, 3.05) is 28.4 Å². The van der Waals surface area contributed by atoms with Crippen molar-refractivity contribution in [2.24, 2.45) is 0 Å². The number of imidazole rings is 1. The zero-order valence-electron chi connectivity index (χ0n) is 20.4. The molecule has 0 radical (unpaired) electrons. The lowest BCUT2D eigenvalue weighted by Crippen LogP contribution is -2.11. The molecule has 0 aliphatic heterocycles. The van der Waals surface area contributed by atoms with E-state index < -0.39 is 17.4 Å². The van der Waals surface area contributed by atoms with E-state index in [1.54, 1.807) is 22.8 Å². The van der Waals surface area contributed by atoms with Gasteiger partial charge in [-0.05, 0) is 12.1 Å². The van der Waals surface area contributed by atoms with Gasteiger partial charge in [0.1, 0.15) is 5.75 Å². The Morgan fingerprint density at radius 1 is 0.946 bits per heavy atom. The Kier molecular flexibility index (Phi) is 8.01. The fraction of sp³-hybridized carbons (Fsp3) is 0.292. The highest BCUT2D eigenvalue weighted by Crippen LogP contribution is 2.32. The second kappa shape index (κ2) is 11.4. The number of nitrogens with zero attached hydrogens (tertiary/aromatic N) is 4. The molecule has 3 heterocycles. The molecule has 0 aliphatic carbocycles. The molecule has 0 saturated carbocycles. The minimum Gasteiger partial charge on any atom is -0.493 e. The molecule has 0 amide bonds. The zero-order chi connectivity index (χ0) is 26.5. The van der Waals surface area contributed by atoms with Gasteiger partial charge in [0.05, 0.1) is 80.2 Å².